The van der Waals surface area contributed by atoms with Crippen molar-refractivity contribution in [3.63, 3.8) is 0 Å². The predicted molar refractivity (Wildman–Crippen MR) is 86.8 cm³/mol. The van der Waals surface area contributed by atoms with Gasteiger partial charge in [0.05, 0.1) is 6.10 Å². The summed E-state index contributed by atoms with van der Waals surface area (Å²) in [5.41, 5.74) is 1.08. The molecule has 5 rings (SSSR count). The summed E-state index contributed by atoms with van der Waals surface area (Å²) < 4.78 is 1.10. The molecule has 1 N–H and O–H groups in total. The lowest BCUT2D eigenvalue weighted by atomic mass is 9.39. The fourth-order valence-corrected chi connectivity index (χ4v) is 8.33. The Balaban J connectivity index is 1.75. The standard InChI is InChI=1S/C17H23BrOS/c1-15-5-11-6-16(2,8-15)10-17(7-11,9-15)14(19)13-12(18)3-4-20-13/h3-4,11,14,19H,5-10H2,1-2H3. The van der Waals surface area contributed by atoms with E-state index in [-0.39, 0.29) is 11.5 Å². The summed E-state index contributed by atoms with van der Waals surface area (Å²) in [5.74, 6) is 0.842. The third kappa shape index (κ3) is 1.89. The highest BCUT2D eigenvalue weighted by Crippen LogP contribution is 2.72. The van der Waals surface area contributed by atoms with Crippen LogP contribution >= 0.6 is 27.3 Å². The van der Waals surface area contributed by atoms with Gasteiger partial charge >= 0.3 is 0 Å². The Labute approximate surface area is 133 Å². The van der Waals surface area contributed by atoms with E-state index in [1.165, 1.54) is 38.5 Å². The van der Waals surface area contributed by atoms with Crippen molar-refractivity contribution in [2.24, 2.45) is 22.2 Å². The largest absolute Gasteiger partial charge is 0.387 e. The molecule has 4 aliphatic carbocycles. The molecule has 110 valence electrons. The highest BCUT2D eigenvalue weighted by molar-refractivity contribution is 9.10. The Hall–Kier alpha value is 0.140. The van der Waals surface area contributed by atoms with E-state index < -0.39 is 0 Å². The molecule has 20 heavy (non-hydrogen) atoms. The zero-order valence-electron chi connectivity index (χ0n) is 12.3. The molecule has 4 saturated carbocycles. The average molecular weight is 355 g/mol. The third-order valence-electron chi connectivity index (χ3n) is 6.14. The first-order valence-electron chi connectivity index (χ1n) is 7.74. The molecular formula is C17H23BrOS. The number of hydrogen-bond acceptors (Lipinski definition) is 2. The van der Waals surface area contributed by atoms with Crippen molar-refractivity contribution in [2.75, 3.05) is 0 Å². The molecule has 0 radical (unpaired) electrons. The monoisotopic (exact) mass is 354 g/mol. The number of aliphatic hydroxyl groups excluding tert-OH is 1. The Morgan fingerprint density at radius 3 is 2.35 bits per heavy atom. The van der Waals surface area contributed by atoms with Crippen LogP contribution in [0.4, 0.5) is 0 Å². The topological polar surface area (TPSA) is 20.2 Å². The molecular weight excluding hydrogens is 332 g/mol. The third-order valence-corrected chi connectivity index (χ3v) is 8.07. The van der Waals surface area contributed by atoms with Gasteiger partial charge in [0.1, 0.15) is 0 Å². The number of aliphatic hydroxyl groups is 1. The van der Waals surface area contributed by atoms with Crippen molar-refractivity contribution in [3.8, 4) is 0 Å². The summed E-state index contributed by atoms with van der Waals surface area (Å²) in [6.45, 7) is 4.95. The molecule has 3 unspecified atom stereocenters. The van der Waals surface area contributed by atoms with E-state index in [2.05, 4.69) is 41.2 Å². The van der Waals surface area contributed by atoms with E-state index in [0.29, 0.717) is 10.8 Å². The van der Waals surface area contributed by atoms with Crippen LogP contribution in [0.1, 0.15) is 63.4 Å². The SMILES string of the molecule is CC12CC3CC(C)(C1)CC(C(O)c1sccc1Br)(C3)C2. The maximum atomic E-state index is 11.2. The molecule has 1 heterocycles. The molecule has 4 aliphatic rings. The average Bonchev–Trinajstić information content (AvgIpc) is 2.69. The summed E-state index contributed by atoms with van der Waals surface area (Å²) in [7, 11) is 0. The van der Waals surface area contributed by atoms with E-state index >= 15 is 0 Å². The van der Waals surface area contributed by atoms with Crippen LogP contribution in [0, 0.1) is 22.2 Å². The second kappa shape index (κ2) is 4.11. The van der Waals surface area contributed by atoms with Crippen molar-refractivity contribution < 1.29 is 5.11 Å². The van der Waals surface area contributed by atoms with Gasteiger partial charge < -0.3 is 5.11 Å². The van der Waals surface area contributed by atoms with E-state index in [1.54, 1.807) is 11.3 Å². The minimum absolute atomic E-state index is 0.135. The van der Waals surface area contributed by atoms with Gasteiger partial charge in [0.25, 0.3) is 0 Å². The van der Waals surface area contributed by atoms with Gasteiger partial charge in [0.15, 0.2) is 0 Å². The molecule has 0 aromatic carbocycles. The highest BCUT2D eigenvalue weighted by Gasteiger charge is 2.62. The van der Waals surface area contributed by atoms with Crippen molar-refractivity contribution in [1.29, 1.82) is 0 Å². The maximum Gasteiger partial charge on any atom is 0.0949 e. The lowest BCUT2D eigenvalue weighted by molar-refractivity contribution is -0.186. The van der Waals surface area contributed by atoms with Crippen LogP contribution in [0.25, 0.3) is 0 Å². The summed E-state index contributed by atoms with van der Waals surface area (Å²) >= 11 is 5.33. The van der Waals surface area contributed by atoms with Gasteiger partial charge in [-0.2, -0.15) is 0 Å². The number of rotatable bonds is 2. The molecule has 0 aliphatic heterocycles. The second-order valence-corrected chi connectivity index (χ2v) is 10.3. The summed E-state index contributed by atoms with van der Waals surface area (Å²) in [4.78, 5) is 1.15. The van der Waals surface area contributed by atoms with Crippen LogP contribution in [-0.4, -0.2) is 5.11 Å². The van der Waals surface area contributed by atoms with Crippen LogP contribution in [0.3, 0.4) is 0 Å². The lowest BCUT2D eigenvalue weighted by Gasteiger charge is -2.66. The molecule has 1 aromatic rings. The quantitative estimate of drug-likeness (QED) is 0.738. The molecule has 3 atom stereocenters. The molecule has 0 spiro atoms. The van der Waals surface area contributed by atoms with Gasteiger partial charge in [-0.15, -0.1) is 11.3 Å². The first-order valence-corrected chi connectivity index (χ1v) is 9.42. The maximum absolute atomic E-state index is 11.2. The Kier molecular flexibility index (Phi) is 2.83. The van der Waals surface area contributed by atoms with E-state index in [1.807, 2.05) is 0 Å². The van der Waals surface area contributed by atoms with Crippen LogP contribution in [0.5, 0.6) is 0 Å². The van der Waals surface area contributed by atoms with Gasteiger partial charge in [0.2, 0.25) is 0 Å². The summed E-state index contributed by atoms with van der Waals surface area (Å²) in [6.07, 6.45) is 7.56. The van der Waals surface area contributed by atoms with Crippen LogP contribution in [-0.2, 0) is 0 Å². The van der Waals surface area contributed by atoms with Gasteiger partial charge in [-0.1, -0.05) is 13.8 Å². The molecule has 1 nitrogen and oxygen atoms in total. The molecule has 4 bridgehead atoms. The van der Waals surface area contributed by atoms with Crippen molar-refractivity contribution in [3.05, 3.63) is 20.8 Å². The fraction of sp³-hybridized carbons (Fsp3) is 0.765. The Morgan fingerprint density at radius 2 is 1.85 bits per heavy atom. The number of halogens is 1. The minimum Gasteiger partial charge on any atom is -0.387 e. The Morgan fingerprint density at radius 1 is 1.20 bits per heavy atom. The molecule has 1 aromatic heterocycles. The second-order valence-electron chi connectivity index (χ2n) is 8.53. The molecule has 0 amide bonds. The van der Waals surface area contributed by atoms with E-state index in [4.69, 9.17) is 0 Å². The highest BCUT2D eigenvalue weighted by atomic mass is 79.9. The van der Waals surface area contributed by atoms with Crippen molar-refractivity contribution >= 4 is 27.3 Å². The van der Waals surface area contributed by atoms with Crippen LogP contribution < -0.4 is 0 Å². The molecule has 4 fully saturated rings. The Bertz CT molecular complexity index is 533. The molecule has 0 saturated heterocycles. The first kappa shape index (κ1) is 13.8. The fourth-order valence-electron chi connectivity index (χ4n) is 6.62. The zero-order chi connectivity index (χ0) is 14.2. The number of thiophene rings is 1. The van der Waals surface area contributed by atoms with Gasteiger partial charge in [-0.05, 0) is 82.6 Å². The van der Waals surface area contributed by atoms with Crippen LogP contribution in [0.2, 0.25) is 0 Å². The smallest absolute Gasteiger partial charge is 0.0949 e. The molecule has 3 heteroatoms. The zero-order valence-corrected chi connectivity index (χ0v) is 14.7. The van der Waals surface area contributed by atoms with Gasteiger partial charge in [-0.25, -0.2) is 0 Å². The van der Waals surface area contributed by atoms with Crippen molar-refractivity contribution in [2.45, 2.75) is 58.5 Å². The summed E-state index contributed by atoms with van der Waals surface area (Å²) in [5, 5.41) is 13.3. The normalized spacial score (nSPS) is 47.7. The van der Waals surface area contributed by atoms with Crippen molar-refractivity contribution in [1.82, 2.24) is 0 Å². The van der Waals surface area contributed by atoms with Gasteiger partial charge in [-0.3, -0.25) is 0 Å². The first-order chi connectivity index (χ1) is 9.33. The van der Waals surface area contributed by atoms with Crippen LogP contribution in [0.15, 0.2) is 15.9 Å². The number of hydrogen-bond donors (Lipinski definition) is 1. The lowest BCUT2D eigenvalue weighted by Crippen LogP contribution is -2.56. The van der Waals surface area contributed by atoms with E-state index in [0.717, 1.165) is 15.3 Å². The predicted octanol–water partition coefficient (Wildman–Crippen LogP) is 5.54. The van der Waals surface area contributed by atoms with Gasteiger partial charge in [0, 0.05) is 14.8 Å². The summed E-state index contributed by atoms with van der Waals surface area (Å²) in [6, 6.07) is 2.08. The minimum atomic E-state index is -0.279. The van der Waals surface area contributed by atoms with E-state index in [9.17, 15) is 5.11 Å².